The molecule has 1 fully saturated rings. The maximum Gasteiger partial charge on any atom is 0.131 e. The molecule has 0 aromatic heterocycles. The zero-order valence-corrected chi connectivity index (χ0v) is 12.2. The highest BCUT2D eigenvalue weighted by molar-refractivity contribution is 5.71. The van der Waals surface area contributed by atoms with Crippen LogP contribution in [0.2, 0.25) is 0 Å². The molecule has 1 aliphatic carbocycles. The number of hydrogen-bond acceptors (Lipinski definition) is 2. The average Bonchev–Trinajstić information content (AvgIpc) is 3.32. The molecule has 3 heteroatoms. The van der Waals surface area contributed by atoms with Gasteiger partial charge in [0.25, 0.3) is 0 Å². The van der Waals surface area contributed by atoms with Crippen LogP contribution in [0, 0.1) is 5.82 Å². The van der Waals surface area contributed by atoms with Gasteiger partial charge in [-0.2, -0.15) is 0 Å². The first-order valence-electron chi connectivity index (χ1n) is 7.52. The maximum absolute atomic E-state index is 14.2. The monoisotopic (exact) mass is 285 g/mol. The van der Waals surface area contributed by atoms with Crippen LogP contribution in [0.4, 0.5) is 4.39 Å². The summed E-state index contributed by atoms with van der Waals surface area (Å²) >= 11 is 0. The lowest BCUT2D eigenvalue weighted by Gasteiger charge is -2.12. The van der Waals surface area contributed by atoms with Crippen molar-refractivity contribution in [3.8, 4) is 16.9 Å². The molecule has 2 aromatic rings. The van der Waals surface area contributed by atoms with Crippen molar-refractivity contribution in [3.63, 3.8) is 0 Å². The minimum Gasteiger partial charge on any atom is -0.493 e. The Bertz CT molecular complexity index is 622. The van der Waals surface area contributed by atoms with E-state index >= 15 is 0 Å². The van der Waals surface area contributed by atoms with Crippen LogP contribution in [-0.2, 0) is 6.54 Å². The number of hydrogen-bond donors (Lipinski definition) is 1. The lowest BCUT2D eigenvalue weighted by Crippen LogP contribution is -2.15. The molecule has 1 aliphatic rings. The highest BCUT2D eigenvalue weighted by atomic mass is 19.1. The van der Waals surface area contributed by atoms with Gasteiger partial charge in [-0.1, -0.05) is 24.3 Å². The number of para-hydroxylation sites is 1. The third-order valence-electron chi connectivity index (χ3n) is 3.68. The molecular formula is C18H20FNO. The van der Waals surface area contributed by atoms with Gasteiger partial charge in [-0.3, -0.25) is 0 Å². The van der Waals surface area contributed by atoms with Crippen LogP contribution in [0.1, 0.15) is 25.3 Å². The summed E-state index contributed by atoms with van der Waals surface area (Å²) in [6, 6.07) is 13.6. The van der Waals surface area contributed by atoms with E-state index in [1.807, 2.05) is 43.3 Å². The number of ether oxygens (including phenoxy) is 1. The van der Waals surface area contributed by atoms with E-state index in [2.05, 4.69) is 5.32 Å². The molecule has 0 radical (unpaired) electrons. The summed E-state index contributed by atoms with van der Waals surface area (Å²) in [4.78, 5) is 0. The molecule has 0 saturated heterocycles. The van der Waals surface area contributed by atoms with E-state index in [1.54, 1.807) is 6.07 Å². The molecule has 1 N–H and O–H groups in total. The van der Waals surface area contributed by atoms with E-state index in [1.165, 1.54) is 12.8 Å². The Labute approximate surface area is 125 Å². The van der Waals surface area contributed by atoms with Crippen molar-refractivity contribution in [2.75, 3.05) is 6.61 Å². The first kappa shape index (κ1) is 14.1. The number of rotatable bonds is 6. The number of benzene rings is 2. The normalized spacial score (nSPS) is 14.2. The summed E-state index contributed by atoms with van der Waals surface area (Å²) in [7, 11) is 0. The van der Waals surface area contributed by atoms with Gasteiger partial charge in [0.1, 0.15) is 11.6 Å². The molecule has 2 aromatic carbocycles. The standard InChI is InChI=1S/C18H20FNO/c1-2-21-18-6-4-3-5-15(18)16-11-13(7-10-17(16)19)12-20-14-8-9-14/h3-7,10-11,14,20H,2,8-9,12H2,1H3. The second-order valence-electron chi connectivity index (χ2n) is 5.40. The van der Waals surface area contributed by atoms with Gasteiger partial charge in [-0.05, 0) is 43.5 Å². The van der Waals surface area contributed by atoms with Gasteiger partial charge < -0.3 is 10.1 Å². The van der Waals surface area contributed by atoms with Crippen molar-refractivity contribution in [1.29, 1.82) is 0 Å². The summed E-state index contributed by atoms with van der Waals surface area (Å²) in [5.41, 5.74) is 2.52. The van der Waals surface area contributed by atoms with Gasteiger partial charge in [0.15, 0.2) is 0 Å². The fourth-order valence-corrected chi connectivity index (χ4v) is 2.41. The van der Waals surface area contributed by atoms with Gasteiger partial charge >= 0.3 is 0 Å². The van der Waals surface area contributed by atoms with E-state index in [4.69, 9.17) is 4.74 Å². The summed E-state index contributed by atoms with van der Waals surface area (Å²) in [6.45, 7) is 3.29. The lowest BCUT2D eigenvalue weighted by atomic mass is 10.0. The Morgan fingerprint density at radius 3 is 2.71 bits per heavy atom. The summed E-state index contributed by atoms with van der Waals surface area (Å²) in [5, 5.41) is 3.46. The van der Waals surface area contributed by atoms with Crippen LogP contribution in [0.3, 0.4) is 0 Å². The Hall–Kier alpha value is -1.87. The minimum absolute atomic E-state index is 0.211. The van der Waals surface area contributed by atoms with E-state index in [9.17, 15) is 4.39 Å². The zero-order chi connectivity index (χ0) is 14.7. The fraction of sp³-hybridized carbons (Fsp3) is 0.333. The summed E-state index contributed by atoms with van der Waals surface area (Å²) in [6.07, 6.45) is 2.50. The fourth-order valence-electron chi connectivity index (χ4n) is 2.41. The predicted molar refractivity (Wildman–Crippen MR) is 82.9 cm³/mol. The van der Waals surface area contributed by atoms with Gasteiger partial charge in [-0.25, -0.2) is 4.39 Å². The number of nitrogens with one attached hydrogen (secondary N) is 1. The van der Waals surface area contributed by atoms with Crippen molar-refractivity contribution < 1.29 is 9.13 Å². The summed E-state index contributed by atoms with van der Waals surface area (Å²) < 4.78 is 19.8. The van der Waals surface area contributed by atoms with Crippen LogP contribution < -0.4 is 10.1 Å². The average molecular weight is 285 g/mol. The molecule has 0 heterocycles. The molecule has 0 atom stereocenters. The second kappa shape index (κ2) is 6.27. The van der Waals surface area contributed by atoms with E-state index in [0.717, 1.165) is 23.4 Å². The van der Waals surface area contributed by atoms with E-state index in [-0.39, 0.29) is 5.82 Å². The second-order valence-corrected chi connectivity index (χ2v) is 5.40. The molecule has 21 heavy (non-hydrogen) atoms. The molecule has 0 spiro atoms. The first-order valence-corrected chi connectivity index (χ1v) is 7.52. The van der Waals surface area contributed by atoms with E-state index < -0.39 is 0 Å². The maximum atomic E-state index is 14.2. The Morgan fingerprint density at radius 1 is 1.14 bits per heavy atom. The topological polar surface area (TPSA) is 21.3 Å². The molecule has 0 aliphatic heterocycles. The quantitative estimate of drug-likeness (QED) is 0.861. The van der Waals surface area contributed by atoms with Crippen molar-refractivity contribution in [2.24, 2.45) is 0 Å². The van der Waals surface area contributed by atoms with Crippen molar-refractivity contribution in [3.05, 3.63) is 53.8 Å². The van der Waals surface area contributed by atoms with Crippen molar-refractivity contribution in [1.82, 2.24) is 5.32 Å². The molecule has 0 unspecified atom stereocenters. The third-order valence-corrected chi connectivity index (χ3v) is 3.68. The third kappa shape index (κ3) is 3.42. The molecule has 1 saturated carbocycles. The van der Waals surface area contributed by atoms with Crippen LogP contribution in [-0.4, -0.2) is 12.6 Å². The van der Waals surface area contributed by atoms with Gasteiger partial charge in [-0.15, -0.1) is 0 Å². The molecule has 0 bridgehead atoms. The van der Waals surface area contributed by atoms with Crippen LogP contribution >= 0.6 is 0 Å². The molecule has 2 nitrogen and oxygen atoms in total. The van der Waals surface area contributed by atoms with Crippen molar-refractivity contribution >= 4 is 0 Å². The van der Waals surface area contributed by atoms with Gasteiger partial charge in [0.2, 0.25) is 0 Å². The Balaban J connectivity index is 1.90. The number of halogens is 1. The lowest BCUT2D eigenvalue weighted by molar-refractivity contribution is 0.341. The SMILES string of the molecule is CCOc1ccccc1-c1cc(CNC2CC2)ccc1F. The Morgan fingerprint density at radius 2 is 1.95 bits per heavy atom. The zero-order valence-electron chi connectivity index (χ0n) is 12.2. The molecule has 0 amide bonds. The van der Waals surface area contributed by atoms with Crippen LogP contribution in [0.5, 0.6) is 5.75 Å². The molecule has 3 rings (SSSR count). The highest BCUT2D eigenvalue weighted by Gasteiger charge is 2.20. The summed E-state index contributed by atoms with van der Waals surface area (Å²) in [5.74, 6) is 0.517. The smallest absolute Gasteiger partial charge is 0.131 e. The largest absolute Gasteiger partial charge is 0.493 e. The van der Waals surface area contributed by atoms with Gasteiger partial charge in [0.05, 0.1) is 6.61 Å². The van der Waals surface area contributed by atoms with Crippen molar-refractivity contribution in [2.45, 2.75) is 32.4 Å². The highest BCUT2D eigenvalue weighted by Crippen LogP contribution is 2.32. The van der Waals surface area contributed by atoms with Crippen LogP contribution in [0.25, 0.3) is 11.1 Å². The Kier molecular flexibility index (Phi) is 4.20. The molecular weight excluding hydrogens is 265 g/mol. The molecule has 110 valence electrons. The first-order chi connectivity index (χ1) is 10.3. The van der Waals surface area contributed by atoms with Gasteiger partial charge in [0, 0.05) is 23.7 Å². The predicted octanol–water partition coefficient (Wildman–Crippen LogP) is 4.14. The van der Waals surface area contributed by atoms with E-state index in [0.29, 0.717) is 18.2 Å². The van der Waals surface area contributed by atoms with Crippen LogP contribution in [0.15, 0.2) is 42.5 Å². The minimum atomic E-state index is -0.211.